The van der Waals surface area contributed by atoms with Gasteiger partial charge in [-0.05, 0) is 41.5 Å². The van der Waals surface area contributed by atoms with Crippen molar-refractivity contribution in [2.45, 2.75) is 37.6 Å². The van der Waals surface area contributed by atoms with E-state index in [1.165, 1.54) is 11.1 Å². The zero-order valence-electron chi connectivity index (χ0n) is 18.4. The number of amides is 2. The maximum Gasteiger partial charge on any atom is 0.407 e. The van der Waals surface area contributed by atoms with Crippen LogP contribution in [0.15, 0.2) is 48.5 Å². The maximum atomic E-state index is 13.0. The standard InChI is InChI=1S/C26H28N2O5/c29-24(28-13-12-16(14-28)25(30)31)21-10-5-11-23(21)27-26(32)33-15-22-19-8-3-1-6-17(19)18-7-2-4-9-20(18)22/h1-4,6-9,16,21-23H,5,10-15H2,(H,27,32)(H,30,31). The Morgan fingerprint density at radius 3 is 2.27 bits per heavy atom. The highest BCUT2D eigenvalue weighted by Crippen LogP contribution is 2.44. The summed E-state index contributed by atoms with van der Waals surface area (Å²) in [4.78, 5) is 38.5. The summed E-state index contributed by atoms with van der Waals surface area (Å²) < 4.78 is 5.65. The van der Waals surface area contributed by atoms with Crippen LogP contribution in [0.3, 0.4) is 0 Å². The number of fused-ring (bicyclic) bond motifs is 3. The lowest BCUT2D eigenvalue weighted by Gasteiger charge is -2.25. The highest BCUT2D eigenvalue weighted by atomic mass is 16.5. The minimum absolute atomic E-state index is 0.0123. The molecule has 2 aliphatic carbocycles. The van der Waals surface area contributed by atoms with Gasteiger partial charge in [0.15, 0.2) is 0 Å². The summed E-state index contributed by atoms with van der Waals surface area (Å²) >= 11 is 0. The van der Waals surface area contributed by atoms with E-state index in [1.54, 1.807) is 4.90 Å². The van der Waals surface area contributed by atoms with Gasteiger partial charge in [-0.15, -0.1) is 0 Å². The number of carboxylic acid groups (broad SMARTS) is 1. The molecule has 2 N–H and O–H groups in total. The van der Waals surface area contributed by atoms with Gasteiger partial charge in [-0.25, -0.2) is 4.79 Å². The molecule has 7 heteroatoms. The number of ether oxygens (including phenoxy) is 1. The largest absolute Gasteiger partial charge is 0.481 e. The number of carbonyl (C=O) groups is 3. The van der Waals surface area contributed by atoms with Gasteiger partial charge in [0.2, 0.25) is 5.91 Å². The Hall–Kier alpha value is -3.35. The van der Waals surface area contributed by atoms with Crippen molar-refractivity contribution in [3.05, 3.63) is 59.7 Å². The first-order valence-electron chi connectivity index (χ1n) is 11.7. The molecule has 0 bridgehead atoms. The van der Waals surface area contributed by atoms with Crippen molar-refractivity contribution < 1.29 is 24.2 Å². The van der Waals surface area contributed by atoms with Gasteiger partial charge in [0.25, 0.3) is 0 Å². The van der Waals surface area contributed by atoms with E-state index in [2.05, 4.69) is 29.6 Å². The molecule has 2 fully saturated rings. The Morgan fingerprint density at radius 2 is 1.64 bits per heavy atom. The summed E-state index contributed by atoms with van der Waals surface area (Å²) in [5.74, 6) is -1.74. The average Bonchev–Trinajstić information content (AvgIpc) is 3.55. The number of carbonyl (C=O) groups excluding carboxylic acids is 2. The molecule has 3 aliphatic rings. The van der Waals surface area contributed by atoms with Gasteiger partial charge < -0.3 is 20.1 Å². The molecule has 2 aromatic rings. The van der Waals surface area contributed by atoms with E-state index >= 15 is 0 Å². The Balaban J connectivity index is 1.20. The number of alkyl carbamates (subject to hydrolysis) is 1. The van der Waals surface area contributed by atoms with Crippen molar-refractivity contribution in [1.82, 2.24) is 10.2 Å². The molecule has 7 nitrogen and oxygen atoms in total. The van der Waals surface area contributed by atoms with Crippen molar-refractivity contribution in [2.75, 3.05) is 19.7 Å². The summed E-state index contributed by atoms with van der Waals surface area (Å²) in [6, 6.07) is 16.1. The monoisotopic (exact) mass is 448 g/mol. The summed E-state index contributed by atoms with van der Waals surface area (Å²) in [6.07, 6.45) is 2.24. The molecule has 0 aromatic heterocycles. The minimum atomic E-state index is -0.856. The summed E-state index contributed by atoms with van der Waals surface area (Å²) in [5, 5.41) is 12.1. The number of benzene rings is 2. The van der Waals surface area contributed by atoms with E-state index in [4.69, 9.17) is 4.74 Å². The molecule has 172 valence electrons. The maximum absolute atomic E-state index is 13.0. The number of carboxylic acids is 1. The fraction of sp³-hybridized carbons (Fsp3) is 0.423. The number of hydrogen-bond acceptors (Lipinski definition) is 4. The van der Waals surface area contributed by atoms with Crippen LogP contribution in [0.1, 0.15) is 42.7 Å². The molecular formula is C26H28N2O5. The first kappa shape index (κ1) is 21.5. The quantitative estimate of drug-likeness (QED) is 0.728. The normalized spacial score (nSPS) is 23.8. The van der Waals surface area contributed by atoms with Crippen LogP contribution in [0.4, 0.5) is 4.79 Å². The summed E-state index contributed by atoms with van der Waals surface area (Å²) in [7, 11) is 0. The summed E-state index contributed by atoms with van der Waals surface area (Å²) in [5.41, 5.74) is 4.66. The van der Waals surface area contributed by atoms with Crippen molar-refractivity contribution in [3.8, 4) is 11.1 Å². The van der Waals surface area contributed by atoms with E-state index in [1.807, 2.05) is 24.3 Å². The van der Waals surface area contributed by atoms with Crippen molar-refractivity contribution >= 4 is 18.0 Å². The Bertz CT molecular complexity index is 1040. The second-order valence-electron chi connectivity index (χ2n) is 9.22. The number of nitrogens with zero attached hydrogens (tertiary/aromatic N) is 1. The molecule has 3 unspecified atom stereocenters. The molecule has 1 aliphatic heterocycles. The van der Waals surface area contributed by atoms with Gasteiger partial charge in [-0.1, -0.05) is 55.0 Å². The fourth-order valence-electron chi connectivity index (χ4n) is 5.62. The zero-order valence-corrected chi connectivity index (χ0v) is 18.4. The van der Waals surface area contributed by atoms with Crippen LogP contribution in [0.2, 0.25) is 0 Å². The van der Waals surface area contributed by atoms with Crippen LogP contribution < -0.4 is 5.32 Å². The lowest BCUT2D eigenvalue weighted by Crippen LogP contribution is -2.45. The molecule has 3 atom stereocenters. The van der Waals surface area contributed by atoms with Gasteiger partial charge in [-0.2, -0.15) is 0 Å². The average molecular weight is 449 g/mol. The highest BCUT2D eigenvalue weighted by Gasteiger charge is 2.40. The van der Waals surface area contributed by atoms with E-state index in [-0.39, 0.29) is 36.9 Å². The van der Waals surface area contributed by atoms with Crippen LogP contribution in [-0.2, 0) is 14.3 Å². The summed E-state index contributed by atoms with van der Waals surface area (Å²) in [6.45, 7) is 0.948. The van der Waals surface area contributed by atoms with Crippen LogP contribution >= 0.6 is 0 Å². The second-order valence-corrected chi connectivity index (χ2v) is 9.22. The third kappa shape index (κ3) is 4.08. The van der Waals surface area contributed by atoms with E-state index in [0.717, 1.165) is 24.0 Å². The van der Waals surface area contributed by atoms with E-state index in [9.17, 15) is 19.5 Å². The van der Waals surface area contributed by atoms with Crippen LogP contribution in [-0.4, -0.2) is 53.7 Å². The molecule has 1 saturated heterocycles. The zero-order chi connectivity index (χ0) is 22.9. The lowest BCUT2D eigenvalue weighted by atomic mass is 9.98. The highest BCUT2D eigenvalue weighted by molar-refractivity contribution is 5.83. The minimum Gasteiger partial charge on any atom is -0.481 e. The molecule has 5 rings (SSSR count). The van der Waals surface area contributed by atoms with E-state index in [0.29, 0.717) is 19.4 Å². The molecular weight excluding hydrogens is 420 g/mol. The molecule has 1 heterocycles. The fourth-order valence-corrected chi connectivity index (χ4v) is 5.62. The molecule has 2 amide bonds. The number of rotatable bonds is 5. The molecule has 0 radical (unpaired) electrons. The van der Waals surface area contributed by atoms with E-state index < -0.39 is 18.0 Å². The van der Waals surface area contributed by atoms with Crippen molar-refractivity contribution in [2.24, 2.45) is 11.8 Å². The molecule has 33 heavy (non-hydrogen) atoms. The number of aliphatic carboxylic acids is 1. The third-order valence-electron chi connectivity index (χ3n) is 7.33. The first-order valence-corrected chi connectivity index (χ1v) is 11.7. The number of likely N-dealkylation sites (tertiary alicyclic amines) is 1. The van der Waals surface area contributed by atoms with Gasteiger partial charge >= 0.3 is 12.1 Å². The molecule has 0 spiro atoms. The van der Waals surface area contributed by atoms with Crippen molar-refractivity contribution in [3.63, 3.8) is 0 Å². The SMILES string of the molecule is O=C(NC1CCCC1C(=O)N1CCC(C(=O)O)C1)OCC1c2ccccc2-c2ccccc21. The van der Waals surface area contributed by atoms with Gasteiger partial charge in [0.1, 0.15) is 6.61 Å². The smallest absolute Gasteiger partial charge is 0.407 e. The van der Waals surface area contributed by atoms with Gasteiger partial charge in [0.05, 0.1) is 11.8 Å². The molecule has 2 aromatic carbocycles. The predicted molar refractivity (Wildman–Crippen MR) is 122 cm³/mol. The third-order valence-corrected chi connectivity index (χ3v) is 7.33. The van der Waals surface area contributed by atoms with Crippen LogP contribution in [0.25, 0.3) is 11.1 Å². The predicted octanol–water partition coefficient (Wildman–Crippen LogP) is 3.63. The van der Waals surface area contributed by atoms with Crippen molar-refractivity contribution in [1.29, 1.82) is 0 Å². The van der Waals surface area contributed by atoms with Gasteiger partial charge in [0, 0.05) is 25.0 Å². The Kier molecular flexibility index (Phi) is 5.79. The lowest BCUT2D eigenvalue weighted by molar-refractivity contribution is -0.141. The van der Waals surface area contributed by atoms with Crippen LogP contribution in [0, 0.1) is 11.8 Å². The number of hydrogen-bond donors (Lipinski definition) is 2. The van der Waals surface area contributed by atoms with Crippen LogP contribution in [0.5, 0.6) is 0 Å². The Morgan fingerprint density at radius 1 is 0.970 bits per heavy atom. The number of nitrogens with one attached hydrogen (secondary N) is 1. The van der Waals surface area contributed by atoms with Gasteiger partial charge in [-0.3, -0.25) is 9.59 Å². The molecule has 1 saturated carbocycles. The topological polar surface area (TPSA) is 95.9 Å². The Labute approximate surface area is 192 Å². The first-order chi connectivity index (χ1) is 16.0. The second kappa shape index (κ2) is 8.89.